The Morgan fingerprint density at radius 1 is 1.44 bits per heavy atom. The number of hydrogen-bond donors (Lipinski definition) is 2. The Kier molecular flexibility index (Phi) is 4.77. The van der Waals surface area contributed by atoms with Crippen LogP contribution in [0.3, 0.4) is 0 Å². The van der Waals surface area contributed by atoms with E-state index in [0.717, 1.165) is 17.5 Å². The average Bonchev–Trinajstić information content (AvgIpc) is 2.27. The Balaban J connectivity index is 3.12. The molecule has 1 aromatic rings. The van der Waals surface area contributed by atoms with Crippen molar-refractivity contribution >= 4 is 17.6 Å². The highest BCUT2D eigenvalue weighted by Gasteiger charge is 2.21. The molecule has 1 atom stereocenters. The van der Waals surface area contributed by atoms with Crippen molar-refractivity contribution in [3.63, 3.8) is 0 Å². The van der Waals surface area contributed by atoms with Crippen LogP contribution in [0.25, 0.3) is 0 Å². The van der Waals surface area contributed by atoms with E-state index in [1.807, 2.05) is 12.1 Å². The highest BCUT2D eigenvalue weighted by molar-refractivity contribution is 6.30. The van der Waals surface area contributed by atoms with Crippen molar-refractivity contribution in [1.82, 2.24) is 0 Å². The molecule has 0 aliphatic carbocycles. The van der Waals surface area contributed by atoms with E-state index in [1.54, 1.807) is 6.07 Å². The van der Waals surface area contributed by atoms with Crippen molar-refractivity contribution in [2.75, 3.05) is 0 Å². The number of benzene rings is 1. The van der Waals surface area contributed by atoms with Gasteiger partial charge in [0, 0.05) is 11.1 Å². The van der Waals surface area contributed by atoms with Crippen molar-refractivity contribution in [1.29, 1.82) is 0 Å². The molecule has 0 heterocycles. The number of rotatable bonds is 5. The quantitative estimate of drug-likeness (QED) is 0.860. The third-order valence-electron chi connectivity index (χ3n) is 3.41. The van der Waals surface area contributed by atoms with Crippen LogP contribution in [0.15, 0.2) is 18.2 Å². The highest BCUT2D eigenvalue weighted by Crippen LogP contribution is 2.31. The molecule has 0 fully saturated rings. The van der Waals surface area contributed by atoms with Gasteiger partial charge in [-0.1, -0.05) is 38.4 Å². The molecule has 18 heavy (non-hydrogen) atoms. The van der Waals surface area contributed by atoms with Gasteiger partial charge in [0.1, 0.15) is 0 Å². The second kappa shape index (κ2) is 5.72. The molecule has 0 aliphatic rings. The highest BCUT2D eigenvalue weighted by atomic mass is 35.5. The first-order valence-electron chi connectivity index (χ1n) is 6.04. The number of nitrogens with two attached hydrogens (primary N) is 1. The average molecular weight is 270 g/mol. The molecule has 0 bridgehead atoms. The van der Waals surface area contributed by atoms with E-state index in [0.29, 0.717) is 5.02 Å². The van der Waals surface area contributed by atoms with Gasteiger partial charge in [-0.25, -0.2) is 0 Å². The fraction of sp³-hybridized carbons (Fsp3) is 0.500. The lowest BCUT2D eigenvalue weighted by Gasteiger charge is -2.25. The summed E-state index contributed by atoms with van der Waals surface area (Å²) in [4.78, 5) is 10.7. The van der Waals surface area contributed by atoms with Gasteiger partial charge in [-0.2, -0.15) is 0 Å². The number of carboxylic acids is 1. The van der Waals surface area contributed by atoms with Gasteiger partial charge in [0.15, 0.2) is 0 Å². The number of aliphatic carboxylic acids is 1. The van der Waals surface area contributed by atoms with Crippen LogP contribution in [0.1, 0.15) is 50.8 Å². The van der Waals surface area contributed by atoms with Crippen LogP contribution < -0.4 is 5.73 Å². The SMILES string of the molecule is CCC(C)(C)c1cc(Cl)cc([C@@H](N)CC(=O)O)c1. The van der Waals surface area contributed by atoms with Gasteiger partial charge in [-0.3, -0.25) is 4.79 Å². The first kappa shape index (κ1) is 15.0. The lowest BCUT2D eigenvalue weighted by atomic mass is 9.81. The van der Waals surface area contributed by atoms with Crippen LogP contribution in [0.2, 0.25) is 5.02 Å². The second-order valence-electron chi connectivity index (χ2n) is 5.22. The van der Waals surface area contributed by atoms with E-state index in [-0.39, 0.29) is 11.8 Å². The van der Waals surface area contributed by atoms with Crippen molar-refractivity contribution in [2.45, 2.75) is 45.1 Å². The Bertz CT molecular complexity index is 443. The summed E-state index contributed by atoms with van der Waals surface area (Å²) in [6.45, 7) is 6.37. The monoisotopic (exact) mass is 269 g/mol. The second-order valence-corrected chi connectivity index (χ2v) is 5.65. The Labute approximate surface area is 113 Å². The Morgan fingerprint density at radius 2 is 2.06 bits per heavy atom. The summed E-state index contributed by atoms with van der Waals surface area (Å²) in [7, 11) is 0. The van der Waals surface area contributed by atoms with E-state index in [2.05, 4.69) is 20.8 Å². The molecule has 100 valence electrons. The first-order chi connectivity index (χ1) is 8.26. The molecule has 3 nitrogen and oxygen atoms in total. The first-order valence-corrected chi connectivity index (χ1v) is 6.42. The number of halogens is 1. The molecule has 1 aromatic carbocycles. The summed E-state index contributed by atoms with van der Waals surface area (Å²) in [5, 5.41) is 9.38. The smallest absolute Gasteiger partial charge is 0.305 e. The molecule has 0 amide bonds. The van der Waals surface area contributed by atoms with Crippen molar-refractivity contribution in [2.24, 2.45) is 5.73 Å². The van der Waals surface area contributed by atoms with Crippen molar-refractivity contribution in [3.05, 3.63) is 34.3 Å². The van der Waals surface area contributed by atoms with Crippen LogP contribution in [-0.2, 0) is 10.2 Å². The fourth-order valence-corrected chi connectivity index (χ4v) is 1.97. The fourth-order valence-electron chi connectivity index (χ4n) is 1.73. The predicted octanol–water partition coefficient (Wildman–Crippen LogP) is 3.50. The maximum absolute atomic E-state index is 10.7. The maximum atomic E-state index is 10.7. The van der Waals surface area contributed by atoms with Crippen LogP contribution >= 0.6 is 11.6 Å². The van der Waals surface area contributed by atoms with E-state index < -0.39 is 12.0 Å². The number of carboxylic acid groups (broad SMARTS) is 1. The van der Waals surface area contributed by atoms with Gasteiger partial charge in [0.25, 0.3) is 0 Å². The summed E-state index contributed by atoms with van der Waals surface area (Å²) in [5.74, 6) is -0.904. The molecule has 0 aliphatic heterocycles. The lowest BCUT2D eigenvalue weighted by Crippen LogP contribution is -2.19. The summed E-state index contributed by atoms with van der Waals surface area (Å²) in [5.41, 5.74) is 7.75. The van der Waals surface area contributed by atoms with Crippen LogP contribution in [-0.4, -0.2) is 11.1 Å². The van der Waals surface area contributed by atoms with Crippen LogP contribution in [0.4, 0.5) is 0 Å². The Hall–Kier alpha value is -1.06. The summed E-state index contributed by atoms with van der Waals surface area (Å²) < 4.78 is 0. The third-order valence-corrected chi connectivity index (χ3v) is 3.63. The number of carbonyl (C=O) groups is 1. The van der Waals surface area contributed by atoms with Crippen LogP contribution in [0, 0.1) is 0 Å². The van der Waals surface area contributed by atoms with Gasteiger partial charge >= 0.3 is 5.97 Å². The zero-order valence-corrected chi connectivity index (χ0v) is 11.8. The summed E-state index contributed by atoms with van der Waals surface area (Å²) in [6, 6.07) is 5.10. The van der Waals surface area contributed by atoms with E-state index in [9.17, 15) is 4.79 Å². The molecule has 4 heteroatoms. The molecule has 3 N–H and O–H groups in total. The molecule has 0 spiro atoms. The summed E-state index contributed by atoms with van der Waals surface area (Å²) >= 11 is 6.09. The Morgan fingerprint density at radius 3 is 2.56 bits per heavy atom. The zero-order chi connectivity index (χ0) is 13.9. The maximum Gasteiger partial charge on any atom is 0.305 e. The summed E-state index contributed by atoms with van der Waals surface area (Å²) in [6.07, 6.45) is 0.882. The van der Waals surface area contributed by atoms with Gasteiger partial charge < -0.3 is 10.8 Å². The van der Waals surface area contributed by atoms with Gasteiger partial charge in [-0.15, -0.1) is 0 Å². The third kappa shape index (κ3) is 3.72. The molecule has 0 saturated carbocycles. The number of hydrogen-bond acceptors (Lipinski definition) is 2. The van der Waals surface area contributed by atoms with Crippen molar-refractivity contribution in [3.8, 4) is 0 Å². The molecule has 0 aromatic heterocycles. The normalized spacial score (nSPS) is 13.4. The van der Waals surface area contributed by atoms with Gasteiger partial charge in [0.05, 0.1) is 6.42 Å². The van der Waals surface area contributed by atoms with E-state index >= 15 is 0 Å². The molecular formula is C14H20ClNO2. The predicted molar refractivity (Wildman–Crippen MR) is 74.0 cm³/mol. The minimum Gasteiger partial charge on any atom is -0.481 e. The van der Waals surface area contributed by atoms with Crippen LogP contribution in [0.5, 0.6) is 0 Å². The molecule has 0 saturated heterocycles. The minimum atomic E-state index is -0.904. The minimum absolute atomic E-state index is 0.00257. The largest absolute Gasteiger partial charge is 0.481 e. The van der Waals surface area contributed by atoms with Gasteiger partial charge in [0.2, 0.25) is 0 Å². The zero-order valence-electron chi connectivity index (χ0n) is 11.0. The molecule has 0 radical (unpaired) electrons. The van der Waals surface area contributed by atoms with E-state index in [1.165, 1.54) is 0 Å². The molecule has 0 unspecified atom stereocenters. The van der Waals surface area contributed by atoms with Gasteiger partial charge in [-0.05, 0) is 35.1 Å². The lowest BCUT2D eigenvalue weighted by molar-refractivity contribution is -0.137. The standard InChI is InChI=1S/C14H20ClNO2/c1-4-14(2,3)10-5-9(6-11(15)7-10)12(16)8-13(17)18/h5-7,12H,4,8,16H2,1-3H3,(H,17,18)/t12-/m0/s1. The topological polar surface area (TPSA) is 63.3 Å². The molecular weight excluding hydrogens is 250 g/mol. The molecule has 1 rings (SSSR count). The van der Waals surface area contributed by atoms with E-state index in [4.69, 9.17) is 22.4 Å². The van der Waals surface area contributed by atoms with Crippen molar-refractivity contribution < 1.29 is 9.90 Å².